The number of likely N-dealkylation sites (tertiary alicyclic amines) is 1. The van der Waals surface area contributed by atoms with Gasteiger partial charge in [0.2, 0.25) is 0 Å². The highest BCUT2D eigenvalue weighted by atomic mass is 16.5. The van der Waals surface area contributed by atoms with E-state index in [9.17, 15) is 0 Å². The second-order valence-corrected chi connectivity index (χ2v) is 7.48. The van der Waals surface area contributed by atoms with Crippen LogP contribution in [0.1, 0.15) is 37.7 Å². The van der Waals surface area contributed by atoms with Gasteiger partial charge in [-0.05, 0) is 37.0 Å². The van der Waals surface area contributed by atoms with Gasteiger partial charge in [0.05, 0.1) is 6.61 Å². The summed E-state index contributed by atoms with van der Waals surface area (Å²) in [5.41, 5.74) is 1.17. The lowest BCUT2D eigenvalue weighted by molar-refractivity contribution is 0.146. The fourth-order valence-corrected chi connectivity index (χ4v) is 4.07. The molecule has 3 rings (SSSR count). The Hall–Kier alpha value is -1.79. The third-order valence-corrected chi connectivity index (χ3v) is 5.54. The molecule has 0 aromatic heterocycles. The molecule has 1 aromatic carbocycles. The summed E-state index contributed by atoms with van der Waals surface area (Å²) in [6.07, 6.45) is 6.75. The van der Waals surface area contributed by atoms with E-state index in [1.54, 1.807) is 7.11 Å². The predicted octanol–water partition coefficient (Wildman–Crippen LogP) is 2.39. The summed E-state index contributed by atoms with van der Waals surface area (Å²) in [4.78, 5) is 7.07. The molecule has 1 heterocycles. The Morgan fingerprint density at radius 3 is 2.85 bits per heavy atom. The largest absolute Gasteiger partial charge is 0.491 e. The second kappa shape index (κ2) is 10.5. The molecule has 1 saturated carbocycles. The van der Waals surface area contributed by atoms with E-state index in [0.717, 1.165) is 30.8 Å². The lowest BCUT2D eigenvalue weighted by Crippen LogP contribution is -2.45. The van der Waals surface area contributed by atoms with Crippen molar-refractivity contribution in [2.75, 3.05) is 40.5 Å². The van der Waals surface area contributed by atoms with Crippen LogP contribution in [0.4, 0.5) is 0 Å². The van der Waals surface area contributed by atoms with E-state index >= 15 is 0 Å². The molecule has 2 fully saturated rings. The van der Waals surface area contributed by atoms with Crippen LogP contribution < -0.4 is 15.4 Å². The minimum absolute atomic E-state index is 0.487. The maximum absolute atomic E-state index is 5.68. The van der Waals surface area contributed by atoms with Crippen molar-refractivity contribution in [2.24, 2.45) is 4.99 Å². The van der Waals surface area contributed by atoms with E-state index in [0.29, 0.717) is 19.3 Å². The van der Waals surface area contributed by atoms with Crippen molar-refractivity contribution in [3.05, 3.63) is 29.8 Å². The molecule has 150 valence electrons. The van der Waals surface area contributed by atoms with E-state index in [4.69, 9.17) is 9.47 Å². The van der Waals surface area contributed by atoms with Gasteiger partial charge in [-0.1, -0.05) is 25.0 Å². The molecule has 27 heavy (non-hydrogen) atoms. The second-order valence-electron chi connectivity index (χ2n) is 7.48. The van der Waals surface area contributed by atoms with E-state index in [2.05, 4.69) is 32.7 Å². The monoisotopic (exact) mass is 374 g/mol. The Morgan fingerprint density at radius 1 is 1.22 bits per heavy atom. The molecule has 1 aliphatic carbocycles. The first kappa shape index (κ1) is 20.0. The first-order chi connectivity index (χ1) is 13.3. The smallest absolute Gasteiger partial charge is 0.191 e. The van der Waals surface area contributed by atoms with Gasteiger partial charge in [-0.2, -0.15) is 0 Å². The number of nitrogens with zero attached hydrogens (tertiary/aromatic N) is 2. The van der Waals surface area contributed by atoms with Crippen molar-refractivity contribution in [3.8, 4) is 5.75 Å². The van der Waals surface area contributed by atoms with Crippen LogP contribution in [-0.2, 0) is 11.3 Å². The van der Waals surface area contributed by atoms with Crippen LogP contribution in [0, 0.1) is 0 Å². The SMILES string of the molecule is CN=C(NCc1cccc(OCCOC)c1)NC1CCN(C2CCCC2)C1. The van der Waals surface area contributed by atoms with Gasteiger partial charge in [-0.15, -0.1) is 0 Å². The first-order valence-electron chi connectivity index (χ1n) is 10.2. The average molecular weight is 375 g/mol. The van der Waals surface area contributed by atoms with Crippen molar-refractivity contribution in [1.29, 1.82) is 0 Å². The zero-order valence-electron chi connectivity index (χ0n) is 16.7. The maximum atomic E-state index is 5.68. The summed E-state index contributed by atoms with van der Waals surface area (Å²) in [6, 6.07) is 9.45. The Kier molecular flexibility index (Phi) is 7.78. The maximum Gasteiger partial charge on any atom is 0.191 e. The number of ether oxygens (including phenoxy) is 2. The average Bonchev–Trinajstić information content (AvgIpc) is 3.37. The van der Waals surface area contributed by atoms with Crippen LogP contribution >= 0.6 is 0 Å². The fourth-order valence-electron chi connectivity index (χ4n) is 4.07. The number of aliphatic imine (C=N–C) groups is 1. The molecular formula is C21H34N4O2. The number of benzene rings is 1. The third-order valence-electron chi connectivity index (χ3n) is 5.54. The molecule has 1 saturated heterocycles. The van der Waals surface area contributed by atoms with Crippen LogP contribution in [0.15, 0.2) is 29.3 Å². The van der Waals surface area contributed by atoms with Gasteiger partial charge in [0.25, 0.3) is 0 Å². The van der Waals surface area contributed by atoms with Gasteiger partial charge in [-0.3, -0.25) is 9.89 Å². The van der Waals surface area contributed by atoms with Gasteiger partial charge in [0.1, 0.15) is 12.4 Å². The highest BCUT2D eigenvalue weighted by molar-refractivity contribution is 5.80. The zero-order chi connectivity index (χ0) is 18.9. The van der Waals surface area contributed by atoms with Gasteiger partial charge in [-0.25, -0.2) is 0 Å². The molecule has 0 bridgehead atoms. The molecule has 2 aliphatic rings. The molecule has 1 aliphatic heterocycles. The summed E-state index contributed by atoms with van der Waals surface area (Å²) >= 11 is 0. The first-order valence-corrected chi connectivity index (χ1v) is 10.2. The van der Waals surface area contributed by atoms with Crippen molar-refractivity contribution in [1.82, 2.24) is 15.5 Å². The molecule has 6 nitrogen and oxygen atoms in total. The Labute approximate surface area is 163 Å². The topological polar surface area (TPSA) is 58.1 Å². The number of guanidine groups is 1. The molecule has 0 radical (unpaired) electrons. The Bertz CT molecular complexity index is 602. The fraction of sp³-hybridized carbons (Fsp3) is 0.667. The highest BCUT2D eigenvalue weighted by Crippen LogP contribution is 2.26. The van der Waals surface area contributed by atoms with Crippen molar-refractivity contribution in [3.63, 3.8) is 0 Å². The van der Waals surface area contributed by atoms with Crippen LogP contribution in [0.25, 0.3) is 0 Å². The summed E-state index contributed by atoms with van der Waals surface area (Å²) in [5.74, 6) is 1.75. The zero-order valence-corrected chi connectivity index (χ0v) is 16.7. The molecule has 2 N–H and O–H groups in total. The van der Waals surface area contributed by atoms with Crippen LogP contribution in [0.2, 0.25) is 0 Å². The predicted molar refractivity (Wildman–Crippen MR) is 109 cm³/mol. The summed E-state index contributed by atoms with van der Waals surface area (Å²) in [7, 11) is 3.52. The molecular weight excluding hydrogens is 340 g/mol. The van der Waals surface area contributed by atoms with Crippen molar-refractivity contribution >= 4 is 5.96 Å². The van der Waals surface area contributed by atoms with Gasteiger partial charge >= 0.3 is 0 Å². The molecule has 1 aromatic rings. The van der Waals surface area contributed by atoms with E-state index in [1.807, 2.05) is 19.2 Å². The number of nitrogens with one attached hydrogen (secondary N) is 2. The summed E-state index contributed by atoms with van der Waals surface area (Å²) in [5, 5.41) is 7.03. The Morgan fingerprint density at radius 2 is 2.07 bits per heavy atom. The number of methoxy groups -OCH3 is 1. The third kappa shape index (κ3) is 6.11. The summed E-state index contributed by atoms with van der Waals surface area (Å²) < 4.78 is 10.7. The lowest BCUT2D eigenvalue weighted by Gasteiger charge is -2.24. The number of hydrogen-bond acceptors (Lipinski definition) is 4. The van der Waals surface area contributed by atoms with E-state index in [1.165, 1.54) is 44.2 Å². The van der Waals surface area contributed by atoms with E-state index < -0.39 is 0 Å². The van der Waals surface area contributed by atoms with Gasteiger partial charge in [0, 0.05) is 45.9 Å². The quantitative estimate of drug-likeness (QED) is 0.416. The number of rotatable bonds is 8. The number of hydrogen-bond donors (Lipinski definition) is 2. The molecule has 0 spiro atoms. The molecule has 1 atom stereocenters. The van der Waals surface area contributed by atoms with Crippen molar-refractivity contribution < 1.29 is 9.47 Å². The van der Waals surface area contributed by atoms with Crippen LogP contribution in [-0.4, -0.2) is 63.4 Å². The van der Waals surface area contributed by atoms with Gasteiger partial charge < -0.3 is 20.1 Å². The Balaban J connectivity index is 1.43. The standard InChI is InChI=1S/C21H34N4O2/c1-22-21(24-18-10-11-25(16-18)19-7-3-4-8-19)23-15-17-6-5-9-20(14-17)27-13-12-26-2/h5-6,9,14,18-19H,3-4,7-8,10-13,15-16H2,1-2H3,(H2,22,23,24). The van der Waals surface area contributed by atoms with Crippen LogP contribution in [0.5, 0.6) is 5.75 Å². The normalized spacial score (nSPS) is 21.6. The molecule has 6 heteroatoms. The molecule has 0 amide bonds. The van der Waals surface area contributed by atoms with Gasteiger partial charge in [0.15, 0.2) is 5.96 Å². The lowest BCUT2D eigenvalue weighted by atomic mass is 10.2. The van der Waals surface area contributed by atoms with Crippen LogP contribution in [0.3, 0.4) is 0 Å². The highest BCUT2D eigenvalue weighted by Gasteiger charge is 2.30. The van der Waals surface area contributed by atoms with Crippen molar-refractivity contribution in [2.45, 2.75) is 50.7 Å². The minimum Gasteiger partial charge on any atom is -0.491 e. The molecule has 1 unspecified atom stereocenters. The minimum atomic E-state index is 0.487. The van der Waals surface area contributed by atoms with E-state index in [-0.39, 0.29) is 0 Å². The summed E-state index contributed by atoms with van der Waals surface area (Å²) in [6.45, 7) is 4.22.